The zero-order chi connectivity index (χ0) is 12.3. The highest BCUT2D eigenvalue weighted by molar-refractivity contribution is 5.80. The number of carbonyl (C=O) groups excluding carboxylic acids is 1. The zero-order valence-corrected chi connectivity index (χ0v) is 9.12. The second kappa shape index (κ2) is 4.30. The Balaban J connectivity index is 2.75. The molecule has 0 bridgehead atoms. The fraction of sp³-hybridized carbons (Fsp3) is 0.444. The summed E-state index contributed by atoms with van der Waals surface area (Å²) in [6, 6.07) is 0. The summed E-state index contributed by atoms with van der Waals surface area (Å²) >= 11 is 0. The standard InChI is InChI=1S/C9H14FN5O/c1-9(2,7(11)16)4-14-6-5(10)3-13-8(12)15-6/h3H,4H2,1-2H3,(H2,11,16)(H3,12,13,14,15). The van der Waals surface area contributed by atoms with Crippen molar-refractivity contribution in [3.63, 3.8) is 0 Å². The number of hydrogen-bond acceptors (Lipinski definition) is 5. The van der Waals surface area contributed by atoms with Gasteiger partial charge in [0.15, 0.2) is 11.6 Å². The van der Waals surface area contributed by atoms with E-state index in [0.29, 0.717) is 0 Å². The molecule has 0 aliphatic heterocycles. The van der Waals surface area contributed by atoms with Gasteiger partial charge >= 0.3 is 0 Å². The normalized spacial score (nSPS) is 11.2. The fourth-order valence-corrected chi connectivity index (χ4v) is 0.897. The highest BCUT2D eigenvalue weighted by Crippen LogP contribution is 2.17. The molecule has 0 atom stereocenters. The Kier molecular flexibility index (Phi) is 3.26. The van der Waals surface area contributed by atoms with Crippen molar-refractivity contribution in [2.24, 2.45) is 11.1 Å². The second-order valence-corrected chi connectivity index (χ2v) is 4.03. The number of anilines is 2. The summed E-state index contributed by atoms with van der Waals surface area (Å²) in [6.45, 7) is 3.45. The number of carbonyl (C=O) groups is 1. The average molecular weight is 227 g/mol. The number of nitrogens with two attached hydrogens (primary N) is 2. The lowest BCUT2D eigenvalue weighted by atomic mass is 9.93. The van der Waals surface area contributed by atoms with Crippen LogP contribution in [-0.4, -0.2) is 22.4 Å². The molecular formula is C9H14FN5O. The predicted octanol–water partition coefficient (Wildman–Crippen LogP) is 0.121. The van der Waals surface area contributed by atoms with Gasteiger partial charge in [-0.2, -0.15) is 4.98 Å². The number of primary amides is 1. The van der Waals surface area contributed by atoms with Crippen LogP contribution in [0.25, 0.3) is 0 Å². The van der Waals surface area contributed by atoms with Gasteiger partial charge < -0.3 is 16.8 Å². The average Bonchev–Trinajstić information content (AvgIpc) is 2.19. The number of hydrogen-bond donors (Lipinski definition) is 3. The second-order valence-electron chi connectivity index (χ2n) is 4.03. The summed E-state index contributed by atoms with van der Waals surface area (Å²) in [7, 11) is 0. The molecular weight excluding hydrogens is 213 g/mol. The van der Waals surface area contributed by atoms with Gasteiger partial charge in [0, 0.05) is 6.54 Å². The third-order valence-corrected chi connectivity index (χ3v) is 2.13. The summed E-state index contributed by atoms with van der Waals surface area (Å²) in [5.41, 5.74) is 9.68. The molecule has 0 saturated heterocycles. The minimum atomic E-state index is -0.799. The van der Waals surface area contributed by atoms with Gasteiger partial charge in [0.05, 0.1) is 11.6 Å². The SMILES string of the molecule is CC(C)(CNc1nc(N)ncc1F)C(N)=O. The minimum absolute atomic E-state index is 0.0400. The molecule has 0 radical (unpaired) electrons. The molecule has 0 saturated carbocycles. The molecule has 1 aromatic rings. The Labute approximate surface area is 92.3 Å². The van der Waals surface area contributed by atoms with Gasteiger partial charge in [0.1, 0.15) is 0 Å². The van der Waals surface area contributed by atoms with Gasteiger partial charge in [-0.05, 0) is 13.8 Å². The molecule has 1 amide bonds. The van der Waals surface area contributed by atoms with Crippen LogP contribution in [0, 0.1) is 11.2 Å². The number of nitrogens with zero attached hydrogens (tertiary/aromatic N) is 2. The van der Waals surface area contributed by atoms with E-state index in [1.54, 1.807) is 13.8 Å². The highest BCUT2D eigenvalue weighted by atomic mass is 19.1. The molecule has 6 nitrogen and oxygen atoms in total. The van der Waals surface area contributed by atoms with Crippen molar-refractivity contribution in [1.29, 1.82) is 0 Å². The monoisotopic (exact) mass is 227 g/mol. The Morgan fingerprint density at radius 1 is 1.62 bits per heavy atom. The van der Waals surface area contributed by atoms with E-state index in [9.17, 15) is 9.18 Å². The van der Waals surface area contributed by atoms with Crippen molar-refractivity contribution < 1.29 is 9.18 Å². The topological polar surface area (TPSA) is 107 Å². The lowest BCUT2D eigenvalue weighted by Gasteiger charge is -2.21. The number of nitrogen functional groups attached to an aromatic ring is 1. The van der Waals surface area contributed by atoms with Crippen molar-refractivity contribution in [1.82, 2.24) is 9.97 Å². The maximum Gasteiger partial charge on any atom is 0.224 e. The van der Waals surface area contributed by atoms with Crippen LogP contribution in [0.4, 0.5) is 16.2 Å². The summed E-state index contributed by atoms with van der Waals surface area (Å²) in [5, 5.41) is 2.67. The maximum atomic E-state index is 13.2. The lowest BCUT2D eigenvalue weighted by Crippen LogP contribution is -2.37. The van der Waals surface area contributed by atoms with Crippen LogP contribution in [0.15, 0.2) is 6.20 Å². The highest BCUT2D eigenvalue weighted by Gasteiger charge is 2.25. The van der Waals surface area contributed by atoms with Crippen molar-refractivity contribution in [3.05, 3.63) is 12.0 Å². The van der Waals surface area contributed by atoms with E-state index in [1.807, 2.05) is 0 Å². The number of aromatic nitrogens is 2. The minimum Gasteiger partial charge on any atom is -0.369 e. The molecule has 0 aliphatic carbocycles. The van der Waals surface area contributed by atoms with Crippen LogP contribution in [0.3, 0.4) is 0 Å². The van der Waals surface area contributed by atoms with Crippen LogP contribution in [0.5, 0.6) is 0 Å². The Morgan fingerprint density at radius 3 is 2.81 bits per heavy atom. The first kappa shape index (κ1) is 12.2. The third-order valence-electron chi connectivity index (χ3n) is 2.13. The van der Waals surface area contributed by atoms with E-state index < -0.39 is 17.1 Å². The molecule has 0 aromatic carbocycles. The molecule has 0 fully saturated rings. The first-order valence-corrected chi connectivity index (χ1v) is 4.65. The largest absolute Gasteiger partial charge is 0.369 e. The molecule has 0 aliphatic rings. The molecule has 7 heteroatoms. The van der Waals surface area contributed by atoms with E-state index in [2.05, 4.69) is 15.3 Å². The molecule has 1 aromatic heterocycles. The third kappa shape index (κ3) is 2.78. The van der Waals surface area contributed by atoms with Gasteiger partial charge in [-0.25, -0.2) is 9.37 Å². The Bertz CT molecular complexity index is 407. The van der Waals surface area contributed by atoms with Crippen LogP contribution < -0.4 is 16.8 Å². The number of rotatable bonds is 4. The van der Waals surface area contributed by atoms with Crippen molar-refractivity contribution in [2.45, 2.75) is 13.8 Å². The van der Waals surface area contributed by atoms with Gasteiger partial charge in [0.25, 0.3) is 0 Å². The van der Waals surface area contributed by atoms with Crippen LogP contribution in [0.1, 0.15) is 13.8 Å². The number of nitrogens with one attached hydrogen (secondary N) is 1. The number of amides is 1. The van der Waals surface area contributed by atoms with Gasteiger partial charge in [-0.15, -0.1) is 0 Å². The molecule has 1 heterocycles. The van der Waals surface area contributed by atoms with Crippen molar-refractivity contribution in [3.8, 4) is 0 Å². The lowest BCUT2D eigenvalue weighted by molar-refractivity contribution is -0.125. The van der Waals surface area contributed by atoms with Gasteiger partial charge in [-0.3, -0.25) is 4.79 Å². The van der Waals surface area contributed by atoms with Crippen molar-refractivity contribution in [2.75, 3.05) is 17.6 Å². The van der Waals surface area contributed by atoms with E-state index in [-0.39, 0.29) is 18.3 Å². The quantitative estimate of drug-likeness (QED) is 0.677. The van der Waals surface area contributed by atoms with E-state index in [0.717, 1.165) is 6.20 Å². The first-order chi connectivity index (χ1) is 7.33. The summed E-state index contributed by atoms with van der Waals surface area (Å²) in [5.74, 6) is -1.19. The first-order valence-electron chi connectivity index (χ1n) is 4.65. The number of halogens is 1. The van der Waals surface area contributed by atoms with E-state index in [4.69, 9.17) is 11.5 Å². The summed E-state index contributed by atoms with van der Waals surface area (Å²) in [4.78, 5) is 18.2. The van der Waals surface area contributed by atoms with Crippen LogP contribution in [0.2, 0.25) is 0 Å². The summed E-state index contributed by atoms with van der Waals surface area (Å²) < 4.78 is 13.2. The smallest absolute Gasteiger partial charge is 0.224 e. The molecule has 1 rings (SSSR count). The molecule has 0 unspecified atom stereocenters. The fourth-order valence-electron chi connectivity index (χ4n) is 0.897. The van der Waals surface area contributed by atoms with E-state index >= 15 is 0 Å². The maximum absolute atomic E-state index is 13.2. The Hall–Kier alpha value is -1.92. The van der Waals surface area contributed by atoms with E-state index in [1.165, 1.54) is 0 Å². The van der Waals surface area contributed by atoms with Crippen LogP contribution in [-0.2, 0) is 4.79 Å². The van der Waals surface area contributed by atoms with Crippen LogP contribution >= 0.6 is 0 Å². The molecule has 5 N–H and O–H groups in total. The van der Waals surface area contributed by atoms with Crippen molar-refractivity contribution >= 4 is 17.7 Å². The Morgan fingerprint density at radius 2 is 2.25 bits per heavy atom. The van der Waals surface area contributed by atoms with Gasteiger partial charge in [-0.1, -0.05) is 0 Å². The molecule has 0 spiro atoms. The molecule has 88 valence electrons. The van der Waals surface area contributed by atoms with Gasteiger partial charge in [0.2, 0.25) is 11.9 Å². The molecule has 16 heavy (non-hydrogen) atoms. The zero-order valence-electron chi connectivity index (χ0n) is 9.12. The summed E-state index contributed by atoms with van der Waals surface area (Å²) in [6.07, 6.45) is 0.960. The predicted molar refractivity (Wildman–Crippen MR) is 57.9 cm³/mol.